The van der Waals surface area contributed by atoms with Gasteiger partial charge in [-0.2, -0.15) is 5.26 Å². The fourth-order valence-electron chi connectivity index (χ4n) is 3.31. The number of nitriles is 1. The van der Waals surface area contributed by atoms with E-state index >= 15 is 0 Å². The van der Waals surface area contributed by atoms with Gasteiger partial charge < -0.3 is 4.90 Å². The quantitative estimate of drug-likeness (QED) is 0.699. The van der Waals surface area contributed by atoms with Crippen LogP contribution >= 0.6 is 0 Å². The summed E-state index contributed by atoms with van der Waals surface area (Å²) in [4.78, 5) is 4.83. The van der Waals surface area contributed by atoms with Crippen LogP contribution in [0.5, 0.6) is 0 Å². The van der Waals surface area contributed by atoms with Crippen molar-refractivity contribution in [3.63, 3.8) is 0 Å². The summed E-state index contributed by atoms with van der Waals surface area (Å²) in [6.07, 6.45) is 8.45. The second kappa shape index (κ2) is 6.37. The van der Waals surface area contributed by atoms with Crippen LogP contribution in [0.1, 0.15) is 38.5 Å². The fourth-order valence-corrected chi connectivity index (χ4v) is 3.31. The standard InChI is InChI=1S/C14H25N3/c1-16(10-8-15)14-7-9-17(12-14)11-13-5-3-2-4-6-13/h13-14H,2-7,9-12H2,1H3. The first kappa shape index (κ1) is 12.9. The SMILES string of the molecule is CN(CC#N)C1CCN(CC2CCCCC2)C1. The van der Waals surface area contributed by atoms with Gasteiger partial charge in [0.1, 0.15) is 0 Å². The van der Waals surface area contributed by atoms with E-state index in [2.05, 4.69) is 22.9 Å². The molecule has 0 spiro atoms. The molecular formula is C14H25N3. The first-order valence-corrected chi connectivity index (χ1v) is 7.09. The predicted octanol–water partition coefficient (Wildman–Crippen LogP) is 2.10. The average Bonchev–Trinajstić information content (AvgIpc) is 2.79. The largest absolute Gasteiger partial charge is 0.301 e. The highest BCUT2D eigenvalue weighted by Crippen LogP contribution is 2.26. The number of likely N-dealkylation sites (N-methyl/N-ethyl adjacent to an activating group) is 1. The van der Waals surface area contributed by atoms with Crippen molar-refractivity contribution in [3.05, 3.63) is 0 Å². The molecule has 3 heteroatoms. The Morgan fingerprint density at radius 3 is 2.71 bits per heavy atom. The number of rotatable bonds is 4. The molecule has 1 saturated heterocycles. The molecule has 1 saturated carbocycles. The van der Waals surface area contributed by atoms with Crippen molar-refractivity contribution in [1.82, 2.24) is 9.80 Å². The van der Waals surface area contributed by atoms with E-state index in [1.54, 1.807) is 0 Å². The molecule has 0 aromatic rings. The van der Waals surface area contributed by atoms with E-state index in [1.165, 1.54) is 58.2 Å². The molecule has 1 heterocycles. The van der Waals surface area contributed by atoms with E-state index in [-0.39, 0.29) is 0 Å². The molecule has 1 aliphatic heterocycles. The van der Waals surface area contributed by atoms with Crippen LogP contribution < -0.4 is 0 Å². The lowest BCUT2D eigenvalue weighted by atomic mass is 9.89. The molecule has 0 N–H and O–H groups in total. The van der Waals surface area contributed by atoms with Crippen molar-refractivity contribution in [1.29, 1.82) is 5.26 Å². The molecule has 0 aromatic carbocycles. The Kier molecular flexibility index (Phi) is 4.82. The maximum Gasteiger partial charge on any atom is 0.0866 e. The minimum Gasteiger partial charge on any atom is -0.301 e. The number of likely N-dealkylation sites (tertiary alicyclic amines) is 1. The summed E-state index contributed by atoms with van der Waals surface area (Å²) in [5, 5.41) is 8.72. The van der Waals surface area contributed by atoms with E-state index in [0.717, 1.165) is 5.92 Å². The highest BCUT2D eigenvalue weighted by atomic mass is 15.2. The van der Waals surface area contributed by atoms with Gasteiger partial charge >= 0.3 is 0 Å². The minimum absolute atomic E-state index is 0.571. The molecule has 0 aromatic heterocycles. The molecule has 96 valence electrons. The number of hydrogen-bond donors (Lipinski definition) is 0. The van der Waals surface area contributed by atoms with Crippen LogP contribution in [0.3, 0.4) is 0 Å². The molecule has 0 radical (unpaired) electrons. The van der Waals surface area contributed by atoms with Gasteiger partial charge in [0.2, 0.25) is 0 Å². The second-order valence-corrected chi connectivity index (χ2v) is 5.78. The molecule has 0 amide bonds. The van der Waals surface area contributed by atoms with Gasteiger partial charge in [-0.25, -0.2) is 0 Å². The lowest BCUT2D eigenvalue weighted by molar-refractivity contribution is 0.210. The van der Waals surface area contributed by atoms with Gasteiger partial charge in [-0.05, 0) is 38.8 Å². The van der Waals surface area contributed by atoms with Crippen molar-refractivity contribution < 1.29 is 0 Å². The van der Waals surface area contributed by atoms with E-state index in [0.29, 0.717) is 12.6 Å². The summed E-state index contributed by atoms with van der Waals surface area (Å²) in [6.45, 7) is 4.28. The third kappa shape index (κ3) is 3.69. The summed E-state index contributed by atoms with van der Waals surface area (Å²) in [5.41, 5.74) is 0. The Labute approximate surface area is 105 Å². The first-order valence-electron chi connectivity index (χ1n) is 7.09. The summed E-state index contributed by atoms with van der Waals surface area (Å²) in [5.74, 6) is 0.948. The van der Waals surface area contributed by atoms with Crippen molar-refractivity contribution >= 4 is 0 Å². The Bertz CT molecular complexity index is 265. The molecule has 1 atom stereocenters. The maximum atomic E-state index is 8.72. The molecule has 2 aliphatic rings. The van der Waals surface area contributed by atoms with Crippen LogP contribution in [0.15, 0.2) is 0 Å². The van der Waals surface area contributed by atoms with Crippen LogP contribution in [0, 0.1) is 17.2 Å². The Balaban J connectivity index is 1.72. The van der Waals surface area contributed by atoms with Crippen LogP contribution in [-0.2, 0) is 0 Å². The van der Waals surface area contributed by atoms with Crippen LogP contribution in [0.25, 0.3) is 0 Å². The van der Waals surface area contributed by atoms with Gasteiger partial charge in [0.05, 0.1) is 12.6 Å². The summed E-state index contributed by atoms with van der Waals surface area (Å²) >= 11 is 0. The summed E-state index contributed by atoms with van der Waals surface area (Å²) in [7, 11) is 2.08. The average molecular weight is 235 g/mol. The van der Waals surface area contributed by atoms with Crippen LogP contribution in [-0.4, -0.2) is 49.1 Å². The van der Waals surface area contributed by atoms with Crippen LogP contribution in [0.2, 0.25) is 0 Å². The predicted molar refractivity (Wildman–Crippen MR) is 69.7 cm³/mol. The van der Waals surface area contributed by atoms with Crippen molar-refractivity contribution in [2.75, 3.05) is 33.2 Å². The first-order chi connectivity index (χ1) is 8.29. The van der Waals surface area contributed by atoms with Crippen molar-refractivity contribution in [2.45, 2.75) is 44.6 Å². The zero-order chi connectivity index (χ0) is 12.1. The molecule has 3 nitrogen and oxygen atoms in total. The molecular weight excluding hydrogens is 210 g/mol. The van der Waals surface area contributed by atoms with E-state index in [9.17, 15) is 0 Å². The number of nitrogens with zero attached hydrogens (tertiary/aromatic N) is 3. The van der Waals surface area contributed by atoms with Gasteiger partial charge in [0.15, 0.2) is 0 Å². The van der Waals surface area contributed by atoms with Gasteiger partial charge in [-0.1, -0.05) is 19.3 Å². The van der Waals surface area contributed by atoms with Gasteiger partial charge in [0.25, 0.3) is 0 Å². The Morgan fingerprint density at radius 1 is 1.24 bits per heavy atom. The second-order valence-electron chi connectivity index (χ2n) is 5.78. The van der Waals surface area contributed by atoms with Gasteiger partial charge in [-0.15, -0.1) is 0 Å². The maximum absolute atomic E-state index is 8.72. The highest BCUT2D eigenvalue weighted by Gasteiger charge is 2.27. The molecule has 2 rings (SSSR count). The van der Waals surface area contributed by atoms with E-state index in [1.807, 2.05) is 0 Å². The zero-order valence-corrected chi connectivity index (χ0v) is 11.1. The Hall–Kier alpha value is -0.590. The van der Waals surface area contributed by atoms with E-state index < -0.39 is 0 Å². The minimum atomic E-state index is 0.571. The normalized spacial score (nSPS) is 27.5. The zero-order valence-electron chi connectivity index (χ0n) is 11.1. The van der Waals surface area contributed by atoms with Crippen LogP contribution in [0.4, 0.5) is 0 Å². The van der Waals surface area contributed by atoms with Gasteiger partial charge in [-0.3, -0.25) is 4.90 Å². The van der Waals surface area contributed by atoms with Crippen molar-refractivity contribution in [3.8, 4) is 6.07 Å². The lowest BCUT2D eigenvalue weighted by Gasteiger charge is -2.27. The molecule has 1 unspecified atom stereocenters. The highest BCUT2D eigenvalue weighted by molar-refractivity contribution is 4.87. The molecule has 0 bridgehead atoms. The lowest BCUT2D eigenvalue weighted by Crippen LogP contribution is -2.36. The fraction of sp³-hybridized carbons (Fsp3) is 0.929. The monoisotopic (exact) mass is 235 g/mol. The third-order valence-corrected chi connectivity index (χ3v) is 4.43. The topological polar surface area (TPSA) is 30.3 Å². The summed E-state index contributed by atoms with van der Waals surface area (Å²) < 4.78 is 0. The van der Waals surface area contributed by atoms with E-state index in [4.69, 9.17) is 5.26 Å². The van der Waals surface area contributed by atoms with Crippen molar-refractivity contribution in [2.24, 2.45) is 5.92 Å². The third-order valence-electron chi connectivity index (χ3n) is 4.43. The number of hydrogen-bond acceptors (Lipinski definition) is 3. The van der Waals surface area contributed by atoms with Gasteiger partial charge in [0, 0.05) is 19.1 Å². The molecule has 2 fully saturated rings. The smallest absolute Gasteiger partial charge is 0.0866 e. The molecule has 1 aliphatic carbocycles. The molecule has 17 heavy (non-hydrogen) atoms. The summed E-state index contributed by atoms with van der Waals surface area (Å²) in [6, 6.07) is 2.86. The Morgan fingerprint density at radius 2 is 2.00 bits per heavy atom.